The van der Waals surface area contributed by atoms with Crippen LogP contribution >= 0.6 is 0 Å². The molecule has 0 atom stereocenters. The van der Waals surface area contributed by atoms with E-state index in [1.54, 1.807) is 17.0 Å². The number of nitrogens with zero attached hydrogens (tertiary/aromatic N) is 1. The van der Waals surface area contributed by atoms with Crippen LogP contribution < -0.4 is 9.80 Å². The molecule has 1 aliphatic heterocycles. The van der Waals surface area contributed by atoms with Crippen molar-refractivity contribution in [2.75, 3.05) is 31.1 Å². The number of hydrogen-bond donors (Lipinski definition) is 1. The monoisotopic (exact) mass is 313 g/mol. The third kappa shape index (κ3) is 3.91. The highest BCUT2D eigenvalue weighted by Crippen LogP contribution is 2.18. The topological polar surface area (TPSA) is 7.68 Å². The molecule has 2 aromatic carbocycles. The Hall–Kier alpha value is -1.87. The average molecular weight is 313 g/mol. The van der Waals surface area contributed by atoms with Crippen molar-refractivity contribution in [3.05, 3.63) is 65.5 Å². The summed E-state index contributed by atoms with van der Waals surface area (Å²) in [5, 5.41) is 0. The molecule has 122 valence electrons. The number of para-hydroxylation sites is 1. The Labute approximate surface area is 138 Å². The zero-order chi connectivity index (χ0) is 16.2. The molecule has 1 aliphatic rings. The second-order valence-corrected chi connectivity index (χ2v) is 6.76. The van der Waals surface area contributed by atoms with E-state index in [2.05, 4.69) is 43.0 Å². The van der Waals surface area contributed by atoms with Crippen molar-refractivity contribution in [3.8, 4) is 0 Å². The molecule has 3 rings (SSSR count). The highest BCUT2D eigenvalue weighted by molar-refractivity contribution is 5.47. The van der Waals surface area contributed by atoms with Gasteiger partial charge in [0.25, 0.3) is 0 Å². The first-order valence-corrected chi connectivity index (χ1v) is 8.55. The Balaban J connectivity index is 1.56. The highest BCUT2D eigenvalue weighted by atomic mass is 19.1. The van der Waals surface area contributed by atoms with Gasteiger partial charge in [-0.3, -0.25) is 0 Å². The standard InChI is InChI=1S/C20H25FN2/c1-16(2)18-9-7-17(8-10-18)15-22-11-13-23(14-12-22)20-6-4-3-5-19(20)21/h3-10,16H,11-15H2,1-2H3/p+1. The fourth-order valence-electron chi connectivity index (χ4n) is 3.26. The van der Waals surface area contributed by atoms with E-state index in [9.17, 15) is 4.39 Å². The van der Waals surface area contributed by atoms with Gasteiger partial charge in [-0.05, 0) is 23.6 Å². The maximum Gasteiger partial charge on any atom is 0.146 e. The van der Waals surface area contributed by atoms with E-state index >= 15 is 0 Å². The molecule has 0 amide bonds. The Bertz CT molecular complexity index is 628. The fraction of sp³-hybridized carbons (Fsp3) is 0.400. The van der Waals surface area contributed by atoms with Crippen LogP contribution in [0.15, 0.2) is 48.5 Å². The maximum atomic E-state index is 13.9. The molecule has 3 heteroatoms. The van der Waals surface area contributed by atoms with Crippen molar-refractivity contribution in [3.63, 3.8) is 0 Å². The number of halogens is 1. The van der Waals surface area contributed by atoms with Gasteiger partial charge < -0.3 is 9.80 Å². The fourth-order valence-corrected chi connectivity index (χ4v) is 3.26. The molecule has 2 nitrogen and oxygen atoms in total. The van der Waals surface area contributed by atoms with Crippen LogP contribution in [0.3, 0.4) is 0 Å². The minimum Gasteiger partial charge on any atom is -0.358 e. The summed E-state index contributed by atoms with van der Waals surface area (Å²) in [6.45, 7) is 9.45. The molecule has 23 heavy (non-hydrogen) atoms. The van der Waals surface area contributed by atoms with Crippen molar-refractivity contribution in [1.82, 2.24) is 0 Å². The maximum absolute atomic E-state index is 13.9. The lowest BCUT2D eigenvalue weighted by Crippen LogP contribution is -3.13. The number of hydrogen-bond acceptors (Lipinski definition) is 1. The summed E-state index contributed by atoms with van der Waals surface area (Å²) < 4.78 is 13.9. The van der Waals surface area contributed by atoms with Crippen molar-refractivity contribution >= 4 is 5.69 Å². The Morgan fingerprint density at radius 2 is 1.65 bits per heavy atom. The van der Waals surface area contributed by atoms with Gasteiger partial charge in [0.15, 0.2) is 0 Å². The Morgan fingerprint density at radius 1 is 1.00 bits per heavy atom. The van der Waals surface area contributed by atoms with Crippen LogP contribution in [0.25, 0.3) is 0 Å². The van der Waals surface area contributed by atoms with E-state index < -0.39 is 0 Å². The van der Waals surface area contributed by atoms with Gasteiger partial charge in [0, 0.05) is 5.56 Å². The molecule has 1 N–H and O–H groups in total. The van der Waals surface area contributed by atoms with Gasteiger partial charge in [-0.2, -0.15) is 0 Å². The molecule has 0 aliphatic carbocycles. The van der Waals surface area contributed by atoms with E-state index in [0.717, 1.165) is 38.4 Å². The predicted octanol–water partition coefficient (Wildman–Crippen LogP) is 2.85. The second-order valence-electron chi connectivity index (χ2n) is 6.76. The molecule has 2 aromatic rings. The van der Waals surface area contributed by atoms with Gasteiger partial charge in [-0.15, -0.1) is 0 Å². The first kappa shape index (κ1) is 16.0. The number of quaternary nitrogens is 1. The number of anilines is 1. The lowest BCUT2D eigenvalue weighted by atomic mass is 10.0. The quantitative estimate of drug-likeness (QED) is 0.912. The molecule has 0 saturated carbocycles. The third-order valence-corrected chi connectivity index (χ3v) is 4.76. The zero-order valence-electron chi connectivity index (χ0n) is 14.1. The zero-order valence-corrected chi connectivity index (χ0v) is 14.1. The number of nitrogens with one attached hydrogen (secondary N) is 1. The molecule has 0 bridgehead atoms. The van der Waals surface area contributed by atoms with Crippen LogP contribution in [-0.2, 0) is 6.54 Å². The molecular weight excluding hydrogens is 287 g/mol. The summed E-state index contributed by atoms with van der Waals surface area (Å²) in [5.74, 6) is 0.473. The van der Waals surface area contributed by atoms with Crippen molar-refractivity contribution < 1.29 is 9.29 Å². The van der Waals surface area contributed by atoms with Gasteiger partial charge in [0.05, 0.1) is 31.9 Å². The molecular formula is C20H26FN2+. The molecule has 0 unspecified atom stereocenters. The number of rotatable bonds is 4. The minimum atomic E-state index is -0.111. The van der Waals surface area contributed by atoms with E-state index in [0.29, 0.717) is 5.92 Å². The lowest BCUT2D eigenvalue weighted by molar-refractivity contribution is -0.914. The molecule has 0 spiro atoms. The lowest BCUT2D eigenvalue weighted by Gasteiger charge is -2.33. The van der Waals surface area contributed by atoms with E-state index in [1.807, 2.05) is 12.1 Å². The smallest absolute Gasteiger partial charge is 0.146 e. The summed E-state index contributed by atoms with van der Waals surface area (Å²) in [4.78, 5) is 3.75. The third-order valence-electron chi connectivity index (χ3n) is 4.76. The van der Waals surface area contributed by atoms with E-state index in [1.165, 1.54) is 11.1 Å². The number of piperazine rings is 1. The van der Waals surface area contributed by atoms with Gasteiger partial charge >= 0.3 is 0 Å². The Kier molecular flexibility index (Phi) is 4.97. The van der Waals surface area contributed by atoms with Crippen molar-refractivity contribution in [2.24, 2.45) is 0 Å². The van der Waals surface area contributed by atoms with E-state index in [4.69, 9.17) is 0 Å². The van der Waals surface area contributed by atoms with Crippen LogP contribution in [0.5, 0.6) is 0 Å². The summed E-state index contributed by atoms with van der Waals surface area (Å²) in [7, 11) is 0. The van der Waals surface area contributed by atoms with E-state index in [-0.39, 0.29) is 5.82 Å². The van der Waals surface area contributed by atoms with Gasteiger partial charge in [0.2, 0.25) is 0 Å². The van der Waals surface area contributed by atoms with Crippen LogP contribution in [0.4, 0.5) is 10.1 Å². The molecule has 0 aromatic heterocycles. The SMILES string of the molecule is CC(C)c1ccc(C[NH+]2CCN(c3ccccc3F)CC2)cc1. The van der Waals surface area contributed by atoms with Crippen LogP contribution in [0.2, 0.25) is 0 Å². The van der Waals surface area contributed by atoms with Gasteiger partial charge in [-0.1, -0.05) is 50.2 Å². The predicted molar refractivity (Wildman–Crippen MR) is 93.5 cm³/mol. The summed E-state index contributed by atoms with van der Waals surface area (Å²) in [6, 6.07) is 16.1. The molecule has 0 radical (unpaired) electrons. The summed E-state index contributed by atoms with van der Waals surface area (Å²) >= 11 is 0. The van der Waals surface area contributed by atoms with Crippen molar-refractivity contribution in [1.29, 1.82) is 0 Å². The largest absolute Gasteiger partial charge is 0.358 e. The first-order valence-electron chi connectivity index (χ1n) is 8.55. The minimum absolute atomic E-state index is 0.111. The van der Waals surface area contributed by atoms with Gasteiger partial charge in [-0.25, -0.2) is 4.39 Å². The van der Waals surface area contributed by atoms with Crippen LogP contribution in [-0.4, -0.2) is 26.2 Å². The normalized spacial score (nSPS) is 16.1. The van der Waals surface area contributed by atoms with Gasteiger partial charge in [0.1, 0.15) is 12.4 Å². The number of benzene rings is 2. The van der Waals surface area contributed by atoms with Crippen LogP contribution in [0, 0.1) is 5.82 Å². The second kappa shape index (κ2) is 7.14. The summed E-state index contributed by atoms with van der Waals surface area (Å²) in [5.41, 5.74) is 3.53. The average Bonchev–Trinajstić information content (AvgIpc) is 2.57. The Morgan fingerprint density at radius 3 is 2.26 bits per heavy atom. The first-order chi connectivity index (χ1) is 11.1. The van der Waals surface area contributed by atoms with Crippen LogP contribution in [0.1, 0.15) is 30.9 Å². The summed E-state index contributed by atoms with van der Waals surface area (Å²) in [6.07, 6.45) is 0. The molecule has 1 fully saturated rings. The van der Waals surface area contributed by atoms with Crippen molar-refractivity contribution in [2.45, 2.75) is 26.3 Å². The molecule has 1 heterocycles. The highest BCUT2D eigenvalue weighted by Gasteiger charge is 2.21. The molecule has 1 saturated heterocycles.